The molecule has 0 saturated heterocycles. The van der Waals surface area contributed by atoms with Crippen molar-refractivity contribution in [2.24, 2.45) is 7.05 Å². The molecule has 0 saturated carbocycles. The number of carbonyl (C=O) groups excluding carboxylic acids is 1. The van der Waals surface area contributed by atoms with Gasteiger partial charge in [-0.2, -0.15) is 0 Å². The van der Waals surface area contributed by atoms with Crippen LogP contribution in [0.25, 0.3) is 21.8 Å². The third-order valence-electron chi connectivity index (χ3n) is 6.25. The molecule has 0 radical (unpaired) electrons. The van der Waals surface area contributed by atoms with Crippen molar-refractivity contribution in [2.45, 2.75) is 26.3 Å². The van der Waals surface area contributed by atoms with Crippen LogP contribution in [0.5, 0.6) is 5.75 Å². The first-order chi connectivity index (χ1) is 13.8. The van der Waals surface area contributed by atoms with E-state index in [0.29, 0.717) is 12.3 Å². The Morgan fingerprint density at radius 1 is 1.31 bits per heavy atom. The van der Waals surface area contributed by atoms with Gasteiger partial charge in [0.15, 0.2) is 0 Å². The van der Waals surface area contributed by atoms with Crippen LogP contribution in [0.1, 0.15) is 28.3 Å². The number of hydrogen-bond acceptors (Lipinski definition) is 4. The Balaban J connectivity index is 1.87. The van der Waals surface area contributed by atoms with Crippen molar-refractivity contribution < 1.29 is 9.90 Å². The molecule has 2 heterocycles. The number of aromatic hydroxyl groups is 1. The molecule has 3 aromatic rings. The Labute approximate surface area is 171 Å². The van der Waals surface area contributed by atoms with Crippen molar-refractivity contribution in [1.82, 2.24) is 20.1 Å². The maximum Gasteiger partial charge on any atom is 0.241 e. The van der Waals surface area contributed by atoms with Gasteiger partial charge in [-0.3, -0.25) is 4.79 Å². The van der Waals surface area contributed by atoms with Crippen LogP contribution in [-0.4, -0.2) is 54.2 Å². The van der Waals surface area contributed by atoms with E-state index in [-0.39, 0.29) is 11.9 Å². The van der Waals surface area contributed by atoms with Gasteiger partial charge in [-0.25, -0.2) is 0 Å². The lowest BCUT2D eigenvalue weighted by atomic mass is 9.88. The summed E-state index contributed by atoms with van der Waals surface area (Å²) in [5, 5.41) is 18.9. The lowest BCUT2D eigenvalue weighted by Crippen LogP contribution is -2.43. The van der Waals surface area contributed by atoms with Crippen LogP contribution in [0, 0.1) is 13.8 Å². The molecule has 4 rings (SSSR count). The zero-order valence-corrected chi connectivity index (χ0v) is 17.9. The summed E-state index contributed by atoms with van der Waals surface area (Å²) in [5.41, 5.74) is 6.70. The second-order valence-corrected chi connectivity index (χ2v) is 8.36. The minimum Gasteiger partial charge on any atom is -0.508 e. The number of amides is 1. The van der Waals surface area contributed by atoms with Gasteiger partial charge in [-0.05, 0) is 69.3 Å². The van der Waals surface area contributed by atoms with Gasteiger partial charge >= 0.3 is 0 Å². The van der Waals surface area contributed by atoms with Crippen LogP contribution >= 0.6 is 0 Å². The van der Waals surface area contributed by atoms with Gasteiger partial charge in [-0.1, -0.05) is 0 Å². The first-order valence-corrected chi connectivity index (χ1v) is 10.2. The normalized spacial score (nSPS) is 16.6. The highest BCUT2D eigenvalue weighted by Gasteiger charge is 2.29. The van der Waals surface area contributed by atoms with Crippen molar-refractivity contribution in [3.63, 3.8) is 0 Å². The van der Waals surface area contributed by atoms with Crippen LogP contribution < -0.4 is 10.6 Å². The van der Waals surface area contributed by atoms with E-state index >= 15 is 0 Å². The van der Waals surface area contributed by atoms with Gasteiger partial charge < -0.3 is 25.2 Å². The lowest BCUT2D eigenvalue weighted by Gasteiger charge is -2.28. The maximum absolute atomic E-state index is 12.9. The molecule has 0 fully saturated rings. The Hall–Kier alpha value is -2.57. The number of nitrogens with one attached hydrogen (secondary N) is 2. The predicted molar refractivity (Wildman–Crippen MR) is 118 cm³/mol. The lowest BCUT2D eigenvalue weighted by molar-refractivity contribution is -0.123. The summed E-state index contributed by atoms with van der Waals surface area (Å²) in [6.45, 7) is 6.33. The number of hydrogen-bond donors (Lipinski definition) is 3. The average Bonchev–Trinajstić information content (AvgIpc) is 2.97. The van der Waals surface area contributed by atoms with Crippen molar-refractivity contribution in [1.29, 1.82) is 0 Å². The largest absolute Gasteiger partial charge is 0.508 e. The highest BCUT2D eigenvalue weighted by molar-refractivity contribution is 6.12. The van der Waals surface area contributed by atoms with Crippen molar-refractivity contribution >= 4 is 27.7 Å². The smallest absolute Gasteiger partial charge is 0.241 e. The minimum absolute atomic E-state index is 0.0198. The number of likely N-dealkylation sites (N-methyl/N-ethyl adjacent to an activating group) is 1. The highest BCUT2D eigenvalue weighted by atomic mass is 16.3. The topological polar surface area (TPSA) is 69.5 Å². The molecular weight excluding hydrogens is 364 g/mol. The predicted octanol–water partition coefficient (Wildman–Crippen LogP) is 2.52. The maximum atomic E-state index is 12.9. The summed E-state index contributed by atoms with van der Waals surface area (Å²) in [6, 6.07) is 5.54. The summed E-state index contributed by atoms with van der Waals surface area (Å²) < 4.78 is 2.21. The third kappa shape index (κ3) is 3.16. The van der Waals surface area contributed by atoms with Gasteiger partial charge in [0.1, 0.15) is 11.8 Å². The molecule has 2 aromatic carbocycles. The molecule has 1 aliphatic rings. The van der Waals surface area contributed by atoms with Crippen LogP contribution in [0.2, 0.25) is 0 Å². The number of rotatable bonds is 4. The van der Waals surface area contributed by atoms with E-state index in [1.165, 1.54) is 16.6 Å². The number of benzene rings is 2. The molecule has 0 spiro atoms. The summed E-state index contributed by atoms with van der Waals surface area (Å²) in [4.78, 5) is 15.0. The number of fused-ring (bicyclic) bond motifs is 4. The summed E-state index contributed by atoms with van der Waals surface area (Å²) in [7, 11) is 6.07. The molecule has 3 N–H and O–H groups in total. The molecule has 0 bridgehead atoms. The van der Waals surface area contributed by atoms with Crippen molar-refractivity contribution in [3.8, 4) is 5.75 Å². The zero-order chi connectivity index (χ0) is 20.9. The standard InChI is InChI=1S/C23H30N4O2/c1-13-15-8-9-24-21(23(29)25-10-11-26(3)4)16(15)12-17-20-14(2)19(28)7-6-18(20)27(5)22(13)17/h6-7,12,21,24,28H,8-11H2,1-5H3,(H,25,29). The molecule has 6 heteroatoms. The van der Waals surface area contributed by atoms with E-state index in [0.717, 1.165) is 46.9 Å². The minimum atomic E-state index is -0.350. The Kier molecular flexibility index (Phi) is 5.00. The van der Waals surface area contributed by atoms with E-state index in [1.807, 2.05) is 27.1 Å². The molecule has 1 aliphatic heterocycles. The quantitative estimate of drug-likeness (QED) is 0.636. The molecule has 1 amide bonds. The number of aromatic nitrogens is 1. The van der Waals surface area contributed by atoms with Gasteiger partial charge in [0.25, 0.3) is 0 Å². The third-order valence-corrected chi connectivity index (χ3v) is 6.25. The first-order valence-electron chi connectivity index (χ1n) is 10.2. The number of phenolic OH excluding ortho intramolecular Hbond substituents is 1. The second-order valence-electron chi connectivity index (χ2n) is 8.36. The fourth-order valence-corrected chi connectivity index (χ4v) is 4.70. The fourth-order valence-electron chi connectivity index (χ4n) is 4.70. The summed E-state index contributed by atoms with van der Waals surface area (Å²) in [5.74, 6) is 0.322. The molecular formula is C23H30N4O2. The van der Waals surface area contributed by atoms with Gasteiger partial charge in [0, 0.05) is 48.5 Å². The van der Waals surface area contributed by atoms with Crippen LogP contribution in [-0.2, 0) is 18.3 Å². The molecule has 1 aromatic heterocycles. The van der Waals surface area contributed by atoms with Gasteiger partial charge in [-0.15, -0.1) is 0 Å². The Morgan fingerprint density at radius 3 is 2.79 bits per heavy atom. The molecule has 29 heavy (non-hydrogen) atoms. The summed E-state index contributed by atoms with van der Waals surface area (Å²) in [6.07, 6.45) is 0.907. The second kappa shape index (κ2) is 7.35. The zero-order valence-electron chi connectivity index (χ0n) is 17.9. The SMILES string of the molecule is Cc1c(O)ccc2c1c1cc3c(c(C)c1n2C)CCNC3C(=O)NCCN(C)C. The molecule has 1 unspecified atom stereocenters. The van der Waals surface area contributed by atoms with Crippen LogP contribution in [0.15, 0.2) is 18.2 Å². The van der Waals surface area contributed by atoms with E-state index in [9.17, 15) is 9.90 Å². The molecule has 0 aliphatic carbocycles. The number of phenols is 1. The number of carbonyl (C=O) groups is 1. The molecule has 154 valence electrons. The monoisotopic (exact) mass is 394 g/mol. The van der Waals surface area contributed by atoms with Crippen molar-refractivity contribution in [3.05, 3.63) is 40.5 Å². The average molecular weight is 395 g/mol. The highest BCUT2D eigenvalue weighted by Crippen LogP contribution is 2.40. The summed E-state index contributed by atoms with van der Waals surface area (Å²) >= 11 is 0. The number of aryl methyl sites for hydroxylation is 3. The molecule has 6 nitrogen and oxygen atoms in total. The van der Waals surface area contributed by atoms with Crippen LogP contribution in [0.3, 0.4) is 0 Å². The van der Waals surface area contributed by atoms with Gasteiger partial charge in [0.2, 0.25) is 5.91 Å². The Morgan fingerprint density at radius 2 is 2.07 bits per heavy atom. The van der Waals surface area contributed by atoms with E-state index < -0.39 is 0 Å². The van der Waals surface area contributed by atoms with Gasteiger partial charge in [0.05, 0.1) is 5.52 Å². The number of nitrogens with zero attached hydrogens (tertiary/aromatic N) is 2. The van der Waals surface area contributed by atoms with Crippen molar-refractivity contribution in [2.75, 3.05) is 33.7 Å². The van der Waals surface area contributed by atoms with E-state index in [2.05, 4.69) is 40.1 Å². The van der Waals surface area contributed by atoms with E-state index in [1.54, 1.807) is 6.07 Å². The fraction of sp³-hybridized carbons (Fsp3) is 0.435. The van der Waals surface area contributed by atoms with E-state index in [4.69, 9.17) is 0 Å². The molecule has 1 atom stereocenters. The Bertz CT molecular complexity index is 1110. The van der Waals surface area contributed by atoms with Crippen LogP contribution in [0.4, 0.5) is 0 Å². The first kappa shape index (κ1) is 19.7.